The normalized spacial score (nSPS) is 13.5. The van der Waals surface area contributed by atoms with Gasteiger partial charge in [-0.2, -0.15) is 0 Å². The number of fused-ring (bicyclic) bond motifs is 3. The van der Waals surface area contributed by atoms with Crippen molar-refractivity contribution in [3.8, 4) is 11.3 Å². The van der Waals surface area contributed by atoms with Gasteiger partial charge in [0.1, 0.15) is 5.76 Å². The number of rotatable bonds is 6. The quantitative estimate of drug-likeness (QED) is 0.342. The average Bonchev–Trinajstić information content (AvgIpc) is 3.30. The number of nitrogens with one attached hydrogen (secondary N) is 2. The van der Waals surface area contributed by atoms with E-state index in [1.165, 1.54) is 0 Å². The fourth-order valence-corrected chi connectivity index (χ4v) is 3.95. The first-order valence-corrected chi connectivity index (χ1v) is 10.9. The molecule has 1 saturated carbocycles. The van der Waals surface area contributed by atoms with E-state index >= 15 is 0 Å². The molecule has 33 heavy (non-hydrogen) atoms. The van der Waals surface area contributed by atoms with E-state index in [0.717, 1.165) is 40.9 Å². The largest absolute Gasteiger partial charge is 0.467 e. The summed E-state index contributed by atoms with van der Waals surface area (Å²) < 4.78 is 7.50. The van der Waals surface area contributed by atoms with Crippen molar-refractivity contribution in [1.29, 1.82) is 0 Å². The van der Waals surface area contributed by atoms with Gasteiger partial charge in [-0.25, -0.2) is 9.97 Å². The fraction of sp³-hybridized carbons (Fsp3) is 0.160. The predicted octanol–water partition coefficient (Wildman–Crippen LogP) is 4.23. The smallest absolute Gasteiger partial charge is 0.251 e. The second-order valence-electron chi connectivity index (χ2n) is 8.27. The topological polar surface area (TPSA) is 110 Å². The zero-order chi connectivity index (χ0) is 22.4. The van der Waals surface area contributed by atoms with Crippen LogP contribution in [0.4, 0.5) is 11.5 Å². The summed E-state index contributed by atoms with van der Waals surface area (Å²) in [7, 11) is 0. The number of amides is 1. The molecule has 6 rings (SSSR count). The van der Waals surface area contributed by atoms with E-state index in [1.807, 2.05) is 60.8 Å². The van der Waals surface area contributed by atoms with Gasteiger partial charge in [0.25, 0.3) is 5.91 Å². The third-order valence-electron chi connectivity index (χ3n) is 5.81. The molecular formula is C25H22N6O2. The summed E-state index contributed by atoms with van der Waals surface area (Å²) in [6.45, 7) is 0.483. The molecule has 1 aliphatic rings. The van der Waals surface area contributed by atoms with Crippen LogP contribution in [0, 0.1) is 0 Å². The molecule has 1 aliphatic carbocycles. The highest BCUT2D eigenvalue weighted by Crippen LogP contribution is 2.30. The lowest BCUT2D eigenvalue weighted by Gasteiger charge is -2.12. The molecular weight excluding hydrogens is 416 g/mol. The van der Waals surface area contributed by atoms with Gasteiger partial charge in [-0.05, 0) is 55.3 Å². The van der Waals surface area contributed by atoms with Crippen molar-refractivity contribution >= 4 is 34.1 Å². The number of benzene rings is 2. The maximum absolute atomic E-state index is 12.4. The number of nitrogen functional groups attached to an aromatic ring is 1. The van der Waals surface area contributed by atoms with Crippen LogP contribution >= 0.6 is 0 Å². The van der Waals surface area contributed by atoms with Crippen LogP contribution in [0.1, 0.15) is 29.0 Å². The Morgan fingerprint density at radius 1 is 1.15 bits per heavy atom. The zero-order valence-electron chi connectivity index (χ0n) is 17.8. The van der Waals surface area contributed by atoms with Crippen molar-refractivity contribution in [2.45, 2.75) is 25.4 Å². The molecule has 1 amide bonds. The van der Waals surface area contributed by atoms with Gasteiger partial charge in [0, 0.05) is 22.9 Å². The average molecular weight is 438 g/mol. The first kappa shape index (κ1) is 19.4. The highest BCUT2D eigenvalue weighted by Gasteiger charge is 2.24. The molecule has 164 valence electrons. The van der Waals surface area contributed by atoms with Gasteiger partial charge in [0.05, 0.1) is 35.7 Å². The third kappa shape index (κ3) is 3.65. The molecule has 0 saturated heterocycles. The Morgan fingerprint density at radius 2 is 2.00 bits per heavy atom. The summed E-state index contributed by atoms with van der Waals surface area (Å²) in [5.74, 6) is 1.40. The SMILES string of the molecule is Nc1ccc2c(c1)nc(NCc1ccco1)c1ncc(-c3ccc(C(=O)NC4CC4)cc3)n12. The van der Waals surface area contributed by atoms with Crippen molar-refractivity contribution in [3.05, 3.63) is 78.4 Å². The fourth-order valence-electron chi connectivity index (χ4n) is 3.95. The van der Waals surface area contributed by atoms with Gasteiger partial charge >= 0.3 is 0 Å². The highest BCUT2D eigenvalue weighted by atomic mass is 16.3. The molecule has 5 aromatic rings. The third-order valence-corrected chi connectivity index (χ3v) is 5.81. The zero-order valence-corrected chi connectivity index (χ0v) is 17.8. The monoisotopic (exact) mass is 438 g/mol. The molecule has 8 nitrogen and oxygen atoms in total. The number of nitrogens with zero attached hydrogens (tertiary/aromatic N) is 3. The van der Waals surface area contributed by atoms with Gasteiger partial charge in [-0.3, -0.25) is 9.20 Å². The maximum atomic E-state index is 12.4. The van der Waals surface area contributed by atoms with E-state index in [-0.39, 0.29) is 5.91 Å². The molecule has 0 unspecified atom stereocenters. The minimum Gasteiger partial charge on any atom is -0.467 e. The summed E-state index contributed by atoms with van der Waals surface area (Å²) in [6.07, 6.45) is 5.59. The van der Waals surface area contributed by atoms with Gasteiger partial charge in [-0.15, -0.1) is 0 Å². The van der Waals surface area contributed by atoms with E-state index in [2.05, 4.69) is 20.0 Å². The summed E-state index contributed by atoms with van der Waals surface area (Å²) >= 11 is 0. The van der Waals surface area contributed by atoms with Crippen molar-refractivity contribution in [2.75, 3.05) is 11.1 Å². The number of hydrogen-bond acceptors (Lipinski definition) is 6. The van der Waals surface area contributed by atoms with Gasteiger partial charge < -0.3 is 20.8 Å². The van der Waals surface area contributed by atoms with Crippen LogP contribution in [0.15, 0.2) is 71.5 Å². The van der Waals surface area contributed by atoms with E-state index in [0.29, 0.717) is 35.3 Å². The minimum atomic E-state index is -0.0308. The molecule has 8 heteroatoms. The van der Waals surface area contributed by atoms with Gasteiger partial charge in [-0.1, -0.05) is 12.1 Å². The van der Waals surface area contributed by atoms with Crippen LogP contribution in [0.25, 0.3) is 27.9 Å². The Kier molecular flexibility index (Phi) is 4.50. The number of aromatic nitrogens is 3. The second-order valence-corrected chi connectivity index (χ2v) is 8.27. The van der Waals surface area contributed by atoms with Crippen LogP contribution in [-0.2, 0) is 6.54 Å². The molecule has 3 aromatic heterocycles. The Bertz CT molecular complexity index is 1470. The maximum Gasteiger partial charge on any atom is 0.251 e. The molecule has 0 bridgehead atoms. The number of hydrogen-bond donors (Lipinski definition) is 3. The van der Waals surface area contributed by atoms with Crippen molar-refractivity contribution in [2.24, 2.45) is 0 Å². The summed E-state index contributed by atoms with van der Waals surface area (Å²) in [4.78, 5) is 21.8. The van der Waals surface area contributed by atoms with Crippen molar-refractivity contribution in [1.82, 2.24) is 19.7 Å². The lowest BCUT2D eigenvalue weighted by Crippen LogP contribution is -2.25. The number of nitrogens with two attached hydrogens (primary N) is 1. The summed E-state index contributed by atoms with van der Waals surface area (Å²) in [6, 6.07) is 17.3. The Morgan fingerprint density at radius 3 is 2.76 bits per heavy atom. The number of furan rings is 1. The molecule has 0 spiro atoms. The second kappa shape index (κ2) is 7.67. The lowest BCUT2D eigenvalue weighted by atomic mass is 10.1. The minimum absolute atomic E-state index is 0.0308. The van der Waals surface area contributed by atoms with E-state index in [9.17, 15) is 4.79 Å². The number of carbonyl (C=O) groups excluding carboxylic acids is 1. The van der Waals surface area contributed by atoms with Crippen molar-refractivity contribution < 1.29 is 9.21 Å². The Balaban J connectivity index is 1.43. The van der Waals surface area contributed by atoms with Crippen LogP contribution < -0.4 is 16.4 Å². The number of carbonyl (C=O) groups is 1. The predicted molar refractivity (Wildman–Crippen MR) is 127 cm³/mol. The first-order chi connectivity index (χ1) is 16.2. The Hall–Kier alpha value is -4.33. The molecule has 2 aromatic carbocycles. The Labute approximate surface area is 189 Å². The number of imidazole rings is 1. The molecule has 0 radical (unpaired) electrons. The molecule has 3 heterocycles. The van der Waals surface area contributed by atoms with Crippen LogP contribution in [0.5, 0.6) is 0 Å². The molecule has 1 fully saturated rings. The van der Waals surface area contributed by atoms with Gasteiger partial charge in [0.15, 0.2) is 11.5 Å². The summed E-state index contributed by atoms with van der Waals surface area (Å²) in [5.41, 5.74) is 11.5. The number of anilines is 2. The lowest BCUT2D eigenvalue weighted by molar-refractivity contribution is 0.0951. The first-order valence-electron chi connectivity index (χ1n) is 10.9. The van der Waals surface area contributed by atoms with Crippen LogP contribution in [0.2, 0.25) is 0 Å². The highest BCUT2D eigenvalue weighted by molar-refractivity contribution is 5.95. The van der Waals surface area contributed by atoms with E-state index in [1.54, 1.807) is 6.26 Å². The van der Waals surface area contributed by atoms with Crippen LogP contribution in [0.3, 0.4) is 0 Å². The van der Waals surface area contributed by atoms with Crippen molar-refractivity contribution in [3.63, 3.8) is 0 Å². The molecule has 0 atom stereocenters. The van der Waals surface area contributed by atoms with E-state index < -0.39 is 0 Å². The van der Waals surface area contributed by atoms with E-state index in [4.69, 9.17) is 15.1 Å². The standard InChI is InChI=1S/C25H22N6O2/c26-17-7-10-21-20(12-17)30-23(27-13-19-2-1-11-33-19)24-28-14-22(31(21)24)15-3-5-16(6-4-15)25(32)29-18-8-9-18/h1-7,10-12,14,18H,8-9,13,26H2,(H,27,30)(H,29,32). The molecule has 4 N–H and O–H groups in total. The van der Waals surface area contributed by atoms with Gasteiger partial charge in [0.2, 0.25) is 0 Å². The molecule has 0 aliphatic heterocycles. The summed E-state index contributed by atoms with van der Waals surface area (Å²) in [5, 5.41) is 6.36. The van der Waals surface area contributed by atoms with Crippen LogP contribution in [-0.4, -0.2) is 26.3 Å².